The van der Waals surface area contributed by atoms with Gasteiger partial charge in [0.1, 0.15) is 5.54 Å². The van der Waals surface area contributed by atoms with Crippen molar-refractivity contribution in [2.24, 2.45) is 11.8 Å². The standard InChI is InChI=1S/C17H25N3O4/c1-2-13-18-16(20-24-13)17(9-3-4-10-17)19-14(21)11-5-7-12(8-6-11)15(22)23/h11-12H,2-10H2,1H3,(H,19,21)(H,22,23). The van der Waals surface area contributed by atoms with Crippen LogP contribution in [-0.2, 0) is 21.5 Å². The number of carboxylic acid groups (broad SMARTS) is 1. The number of nitrogens with zero attached hydrogens (tertiary/aromatic N) is 2. The molecule has 0 spiro atoms. The van der Waals surface area contributed by atoms with Crippen LogP contribution < -0.4 is 5.32 Å². The monoisotopic (exact) mass is 335 g/mol. The van der Waals surface area contributed by atoms with E-state index in [9.17, 15) is 9.59 Å². The van der Waals surface area contributed by atoms with Gasteiger partial charge in [0.15, 0.2) is 5.82 Å². The van der Waals surface area contributed by atoms with E-state index in [1.54, 1.807) is 0 Å². The van der Waals surface area contributed by atoms with E-state index in [4.69, 9.17) is 9.63 Å². The topological polar surface area (TPSA) is 105 Å². The van der Waals surface area contributed by atoms with Crippen LogP contribution in [-0.4, -0.2) is 27.1 Å². The van der Waals surface area contributed by atoms with E-state index in [1.165, 1.54) is 0 Å². The van der Waals surface area contributed by atoms with Crippen molar-refractivity contribution in [2.75, 3.05) is 0 Å². The molecule has 0 unspecified atom stereocenters. The molecule has 0 bridgehead atoms. The van der Waals surface area contributed by atoms with Gasteiger partial charge in [0.2, 0.25) is 11.8 Å². The minimum atomic E-state index is -0.750. The van der Waals surface area contributed by atoms with Gasteiger partial charge >= 0.3 is 5.97 Å². The summed E-state index contributed by atoms with van der Waals surface area (Å²) in [5, 5.41) is 16.4. The summed E-state index contributed by atoms with van der Waals surface area (Å²) in [5.74, 6) is 0.00921. The molecule has 0 radical (unpaired) electrons. The maximum atomic E-state index is 12.7. The highest BCUT2D eigenvalue weighted by Crippen LogP contribution is 2.38. The third-order valence-corrected chi connectivity index (χ3v) is 5.47. The number of carbonyl (C=O) groups excluding carboxylic acids is 1. The van der Waals surface area contributed by atoms with E-state index in [0.717, 1.165) is 25.7 Å². The molecule has 1 aromatic heterocycles. The molecule has 2 aliphatic carbocycles. The van der Waals surface area contributed by atoms with Crippen molar-refractivity contribution in [2.45, 2.75) is 70.3 Å². The van der Waals surface area contributed by atoms with Crippen molar-refractivity contribution < 1.29 is 19.2 Å². The van der Waals surface area contributed by atoms with E-state index in [1.807, 2.05) is 6.92 Å². The number of amides is 1. The zero-order valence-corrected chi connectivity index (χ0v) is 14.1. The lowest BCUT2D eigenvalue weighted by atomic mass is 9.81. The zero-order chi connectivity index (χ0) is 17.2. The van der Waals surface area contributed by atoms with E-state index >= 15 is 0 Å². The summed E-state index contributed by atoms with van der Waals surface area (Å²) in [4.78, 5) is 28.2. The van der Waals surface area contributed by atoms with Crippen molar-refractivity contribution in [1.29, 1.82) is 0 Å². The number of hydrogen-bond acceptors (Lipinski definition) is 5. The first-order chi connectivity index (χ1) is 11.5. The highest BCUT2D eigenvalue weighted by Gasteiger charge is 2.43. The number of aromatic nitrogens is 2. The number of carbonyl (C=O) groups is 2. The Morgan fingerprint density at radius 3 is 2.38 bits per heavy atom. The molecule has 1 aromatic rings. The van der Waals surface area contributed by atoms with Gasteiger partial charge in [0.05, 0.1) is 5.92 Å². The number of hydrogen-bond donors (Lipinski definition) is 2. The molecule has 132 valence electrons. The first kappa shape index (κ1) is 16.9. The molecule has 0 saturated heterocycles. The van der Waals surface area contributed by atoms with Crippen molar-refractivity contribution >= 4 is 11.9 Å². The van der Waals surface area contributed by atoms with Gasteiger partial charge in [-0.15, -0.1) is 0 Å². The summed E-state index contributed by atoms with van der Waals surface area (Å²) in [7, 11) is 0. The van der Waals surface area contributed by atoms with Gasteiger partial charge in [0, 0.05) is 12.3 Å². The lowest BCUT2D eigenvalue weighted by Crippen LogP contribution is -2.47. The fourth-order valence-electron chi connectivity index (χ4n) is 3.92. The normalized spacial score (nSPS) is 26.2. The lowest BCUT2D eigenvalue weighted by Gasteiger charge is -2.31. The maximum Gasteiger partial charge on any atom is 0.306 e. The Morgan fingerprint density at radius 1 is 1.21 bits per heavy atom. The SMILES string of the molecule is CCc1nc(C2(NC(=O)C3CCC(C(=O)O)CC3)CCCC2)no1. The molecule has 2 aliphatic rings. The first-order valence-corrected chi connectivity index (χ1v) is 8.92. The Balaban J connectivity index is 1.68. The van der Waals surface area contributed by atoms with E-state index in [0.29, 0.717) is 43.8 Å². The molecule has 7 heteroatoms. The predicted molar refractivity (Wildman–Crippen MR) is 85.0 cm³/mol. The summed E-state index contributed by atoms with van der Waals surface area (Å²) in [6.07, 6.45) is 6.79. The van der Waals surface area contributed by atoms with Crippen molar-refractivity contribution in [3.05, 3.63) is 11.7 Å². The van der Waals surface area contributed by atoms with Crippen molar-refractivity contribution in [1.82, 2.24) is 15.5 Å². The second kappa shape index (κ2) is 6.91. The minimum absolute atomic E-state index is 0.00332. The summed E-state index contributed by atoms with van der Waals surface area (Å²) < 4.78 is 5.24. The van der Waals surface area contributed by atoms with Gasteiger partial charge in [0.25, 0.3) is 0 Å². The van der Waals surface area contributed by atoms with Gasteiger partial charge in [-0.1, -0.05) is 24.9 Å². The maximum absolute atomic E-state index is 12.7. The van der Waals surface area contributed by atoms with Gasteiger partial charge < -0.3 is 14.9 Å². The number of carboxylic acids is 1. The van der Waals surface area contributed by atoms with Crippen LogP contribution in [0.5, 0.6) is 0 Å². The third-order valence-electron chi connectivity index (χ3n) is 5.47. The number of aryl methyl sites for hydroxylation is 1. The van der Waals surface area contributed by atoms with E-state index in [2.05, 4.69) is 15.5 Å². The Bertz CT molecular complexity index is 599. The fraction of sp³-hybridized carbons (Fsp3) is 0.765. The molecule has 0 aliphatic heterocycles. The molecular weight excluding hydrogens is 310 g/mol. The number of nitrogens with one attached hydrogen (secondary N) is 1. The van der Waals surface area contributed by atoms with Gasteiger partial charge in [-0.2, -0.15) is 4.98 Å². The van der Waals surface area contributed by atoms with Crippen LogP contribution in [0.15, 0.2) is 4.52 Å². The van der Waals surface area contributed by atoms with Crippen LogP contribution in [0.4, 0.5) is 0 Å². The second-order valence-electron chi connectivity index (χ2n) is 7.03. The van der Waals surface area contributed by atoms with Crippen LogP contribution >= 0.6 is 0 Å². The minimum Gasteiger partial charge on any atom is -0.481 e. The van der Waals surface area contributed by atoms with Gasteiger partial charge in [-0.05, 0) is 38.5 Å². The van der Waals surface area contributed by atoms with Crippen LogP contribution in [0.3, 0.4) is 0 Å². The predicted octanol–water partition coefficient (Wildman–Crippen LogP) is 2.41. The summed E-state index contributed by atoms with van der Waals surface area (Å²) in [6.45, 7) is 1.96. The molecule has 0 aromatic carbocycles. The van der Waals surface area contributed by atoms with Gasteiger partial charge in [-0.25, -0.2) is 0 Å². The van der Waals surface area contributed by atoms with Gasteiger partial charge in [-0.3, -0.25) is 9.59 Å². The van der Waals surface area contributed by atoms with E-state index in [-0.39, 0.29) is 17.7 Å². The first-order valence-electron chi connectivity index (χ1n) is 8.92. The summed E-state index contributed by atoms with van der Waals surface area (Å²) in [5.41, 5.74) is -0.516. The zero-order valence-electron chi connectivity index (χ0n) is 14.1. The second-order valence-corrected chi connectivity index (χ2v) is 7.03. The molecule has 2 fully saturated rings. The molecule has 1 heterocycles. The molecule has 2 saturated carbocycles. The highest BCUT2D eigenvalue weighted by molar-refractivity contribution is 5.80. The number of aliphatic carboxylic acids is 1. The van der Waals surface area contributed by atoms with Crippen LogP contribution in [0.25, 0.3) is 0 Å². The Hall–Kier alpha value is -1.92. The summed E-state index contributed by atoms with van der Waals surface area (Å²) in [6, 6.07) is 0. The fourth-order valence-corrected chi connectivity index (χ4v) is 3.92. The molecular formula is C17H25N3O4. The Kier molecular flexibility index (Phi) is 4.87. The average molecular weight is 335 g/mol. The van der Waals surface area contributed by atoms with Crippen molar-refractivity contribution in [3.8, 4) is 0 Å². The van der Waals surface area contributed by atoms with Crippen molar-refractivity contribution in [3.63, 3.8) is 0 Å². The smallest absolute Gasteiger partial charge is 0.306 e. The van der Waals surface area contributed by atoms with E-state index < -0.39 is 11.5 Å². The molecule has 24 heavy (non-hydrogen) atoms. The third kappa shape index (κ3) is 3.30. The molecule has 0 atom stereocenters. The molecule has 1 amide bonds. The summed E-state index contributed by atoms with van der Waals surface area (Å²) >= 11 is 0. The molecule has 7 nitrogen and oxygen atoms in total. The van der Waals surface area contributed by atoms with Crippen LogP contribution in [0.1, 0.15) is 70.0 Å². The molecule has 2 N–H and O–H groups in total. The Morgan fingerprint density at radius 2 is 1.83 bits per heavy atom. The lowest BCUT2D eigenvalue weighted by molar-refractivity contribution is -0.144. The Labute approximate surface area is 141 Å². The number of rotatable bonds is 5. The average Bonchev–Trinajstić information content (AvgIpc) is 3.24. The molecule has 3 rings (SSSR count). The largest absolute Gasteiger partial charge is 0.481 e. The van der Waals surface area contributed by atoms with Crippen LogP contribution in [0.2, 0.25) is 0 Å². The highest BCUT2D eigenvalue weighted by atomic mass is 16.5. The van der Waals surface area contributed by atoms with Crippen LogP contribution in [0, 0.1) is 11.8 Å². The quantitative estimate of drug-likeness (QED) is 0.856.